The maximum absolute atomic E-state index is 13.2. The molecule has 1 amide bonds. The lowest BCUT2D eigenvalue weighted by atomic mass is 10.1. The molecule has 3 N–H and O–H groups in total. The summed E-state index contributed by atoms with van der Waals surface area (Å²) in [6, 6.07) is 3.92. The Morgan fingerprint density at radius 2 is 2.28 bits per heavy atom. The molecule has 0 radical (unpaired) electrons. The monoisotopic (exact) mass is 270 g/mol. The molecule has 1 rings (SSSR count). The maximum Gasteiger partial charge on any atom is 0.251 e. The van der Waals surface area contributed by atoms with Crippen molar-refractivity contribution in [3.8, 4) is 5.75 Å². The van der Waals surface area contributed by atoms with Crippen molar-refractivity contribution in [3.05, 3.63) is 29.6 Å². The minimum atomic E-state index is -0.509. The average Bonchev–Trinajstić information content (AvgIpc) is 2.35. The fraction of sp³-hybridized carbons (Fsp3) is 0.333. The van der Waals surface area contributed by atoms with Crippen LogP contribution in [0.25, 0.3) is 0 Å². The summed E-state index contributed by atoms with van der Waals surface area (Å²) in [5, 5.41) is 2.67. The van der Waals surface area contributed by atoms with Crippen LogP contribution >= 0.6 is 12.2 Å². The molecule has 0 saturated heterocycles. The lowest BCUT2D eigenvalue weighted by Crippen LogP contribution is -2.33. The molecule has 0 aliphatic rings. The van der Waals surface area contributed by atoms with Crippen molar-refractivity contribution >= 4 is 23.1 Å². The van der Waals surface area contributed by atoms with Crippen molar-refractivity contribution in [2.45, 2.75) is 6.92 Å². The van der Waals surface area contributed by atoms with Crippen molar-refractivity contribution in [2.75, 3.05) is 13.7 Å². The first-order valence-electron chi connectivity index (χ1n) is 5.36. The summed E-state index contributed by atoms with van der Waals surface area (Å²) in [4.78, 5) is 12.1. The number of hydrogen-bond acceptors (Lipinski definition) is 3. The van der Waals surface area contributed by atoms with Crippen LogP contribution in [0.5, 0.6) is 5.75 Å². The predicted molar refractivity (Wildman–Crippen MR) is 71.2 cm³/mol. The zero-order valence-electron chi connectivity index (χ0n) is 10.2. The Bertz CT molecular complexity index is 465. The Hall–Kier alpha value is -1.69. The van der Waals surface area contributed by atoms with Gasteiger partial charge in [0.2, 0.25) is 0 Å². The summed E-state index contributed by atoms with van der Waals surface area (Å²) in [5.41, 5.74) is 5.76. The smallest absolute Gasteiger partial charge is 0.251 e. The number of benzene rings is 1. The molecule has 4 nitrogen and oxygen atoms in total. The van der Waals surface area contributed by atoms with E-state index in [1.54, 1.807) is 0 Å². The molecule has 0 aliphatic heterocycles. The molecule has 0 heterocycles. The minimum Gasteiger partial charge on any atom is -0.494 e. The molecule has 0 bridgehead atoms. The Morgan fingerprint density at radius 3 is 2.83 bits per heavy atom. The second-order valence-electron chi connectivity index (χ2n) is 3.86. The maximum atomic E-state index is 13.2. The number of carbonyl (C=O) groups is 1. The molecule has 1 aromatic rings. The summed E-state index contributed by atoms with van der Waals surface area (Å²) < 4.78 is 18.0. The number of ether oxygens (including phenoxy) is 1. The number of methoxy groups -OCH3 is 1. The average molecular weight is 270 g/mol. The zero-order valence-corrected chi connectivity index (χ0v) is 11.0. The first-order valence-corrected chi connectivity index (χ1v) is 5.77. The van der Waals surface area contributed by atoms with Gasteiger partial charge < -0.3 is 15.8 Å². The molecule has 0 aliphatic carbocycles. The van der Waals surface area contributed by atoms with E-state index in [1.165, 1.54) is 25.3 Å². The van der Waals surface area contributed by atoms with E-state index in [4.69, 9.17) is 22.7 Å². The molecule has 0 saturated carbocycles. The van der Waals surface area contributed by atoms with Gasteiger partial charge in [-0.15, -0.1) is 0 Å². The molecular weight excluding hydrogens is 255 g/mol. The van der Waals surface area contributed by atoms with Crippen LogP contribution in [-0.2, 0) is 0 Å². The van der Waals surface area contributed by atoms with Gasteiger partial charge in [-0.2, -0.15) is 0 Å². The molecule has 98 valence electrons. The second kappa shape index (κ2) is 6.30. The fourth-order valence-corrected chi connectivity index (χ4v) is 1.33. The summed E-state index contributed by atoms with van der Waals surface area (Å²) in [7, 11) is 1.34. The van der Waals surface area contributed by atoms with Crippen LogP contribution in [0, 0.1) is 11.7 Å². The number of thiocarbonyl (C=S) groups is 1. The minimum absolute atomic E-state index is 0.0324. The highest BCUT2D eigenvalue weighted by Gasteiger charge is 2.12. The van der Waals surface area contributed by atoms with Gasteiger partial charge >= 0.3 is 0 Å². The van der Waals surface area contributed by atoms with Gasteiger partial charge in [0.15, 0.2) is 11.6 Å². The van der Waals surface area contributed by atoms with Gasteiger partial charge in [0.05, 0.1) is 12.1 Å². The summed E-state index contributed by atoms with van der Waals surface area (Å²) >= 11 is 4.80. The number of nitrogens with two attached hydrogens (primary N) is 1. The first-order chi connectivity index (χ1) is 8.45. The lowest BCUT2D eigenvalue weighted by molar-refractivity contribution is 0.0951. The Kier molecular flexibility index (Phi) is 5.03. The third kappa shape index (κ3) is 3.66. The van der Waals surface area contributed by atoms with Gasteiger partial charge in [-0.3, -0.25) is 4.79 Å². The SMILES string of the molecule is COc1cc(C(=O)NCC(C)C(N)=S)ccc1F. The summed E-state index contributed by atoms with van der Waals surface area (Å²) in [6.07, 6.45) is 0. The Morgan fingerprint density at radius 1 is 1.61 bits per heavy atom. The van der Waals surface area contributed by atoms with Gasteiger partial charge in [-0.1, -0.05) is 19.1 Å². The van der Waals surface area contributed by atoms with Crippen LogP contribution in [0.2, 0.25) is 0 Å². The second-order valence-corrected chi connectivity index (χ2v) is 4.33. The van der Waals surface area contributed by atoms with Gasteiger partial charge in [-0.25, -0.2) is 4.39 Å². The normalized spacial score (nSPS) is 11.7. The quantitative estimate of drug-likeness (QED) is 0.796. The first kappa shape index (κ1) is 14.4. The van der Waals surface area contributed by atoms with Crippen molar-refractivity contribution < 1.29 is 13.9 Å². The highest BCUT2D eigenvalue weighted by atomic mass is 32.1. The van der Waals surface area contributed by atoms with Crippen molar-refractivity contribution in [1.82, 2.24) is 5.32 Å². The third-order valence-electron chi connectivity index (χ3n) is 2.47. The van der Waals surface area contributed by atoms with E-state index in [1.807, 2.05) is 6.92 Å². The zero-order chi connectivity index (χ0) is 13.7. The molecule has 1 aromatic carbocycles. The lowest BCUT2D eigenvalue weighted by Gasteiger charge is -2.11. The molecule has 1 unspecified atom stereocenters. The van der Waals surface area contributed by atoms with E-state index in [0.717, 1.165) is 0 Å². The number of hydrogen-bond donors (Lipinski definition) is 2. The Balaban J connectivity index is 2.70. The van der Waals surface area contributed by atoms with E-state index in [2.05, 4.69) is 5.32 Å². The standard InChI is InChI=1S/C12H15FN2O2S/c1-7(11(14)18)6-15-12(16)8-3-4-9(13)10(5-8)17-2/h3-5,7H,6H2,1-2H3,(H2,14,18)(H,15,16). The molecule has 18 heavy (non-hydrogen) atoms. The molecule has 0 aromatic heterocycles. The van der Waals surface area contributed by atoms with Crippen LogP contribution < -0.4 is 15.8 Å². The largest absolute Gasteiger partial charge is 0.494 e. The number of rotatable bonds is 5. The predicted octanol–water partition coefficient (Wildman–Crippen LogP) is 1.49. The van der Waals surface area contributed by atoms with Crippen LogP contribution in [0.4, 0.5) is 4.39 Å². The number of amides is 1. The highest BCUT2D eigenvalue weighted by molar-refractivity contribution is 7.80. The number of nitrogens with one attached hydrogen (secondary N) is 1. The van der Waals surface area contributed by atoms with E-state index < -0.39 is 5.82 Å². The summed E-state index contributed by atoms with van der Waals surface area (Å²) in [5.74, 6) is -0.890. The van der Waals surface area contributed by atoms with Gasteiger partial charge in [-0.05, 0) is 18.2 Å². The van der Waals surface area contributed by atoms with Gasteiger partial charge in [0.1, 0.15) is 0 Å². The van der Waals surface area contributed by atoms with Crippen LogP contribution in [-0.4, -0.2) is 24.6 Å². The number of carbonyl (C=O) groups excluding carboxylic acids is 1. The van der Waals surface area contributed by atoms with E-state index in [0.29, 0.717) is 17.1 Å². The van der Waals surface area contributed by atoms with Crippen LogP contribution in [0.3, 0.4) is 0 Å². The molecule has 0 fully saturated rings. The van der Waals surface area contributed by atoms with Crippen LogP contribution in [0.15, 0.2) is 18.2 Å². The Labute approximate surface area is 110 Å². The summed E-state index contributed by atoms with van der Waals surface area (Å²) in [6.45, 7) is 2.15. The van der Waals surface area contributed by atoms with Gasteiger partial charge in [0.25, 0.3) is 5.91 Å². The van der Waals surface area contributed by atoms with Crippen molar-refractivity contribution in [2.24, 2.45) is 11.7 Å². The van der Waals surface area contributed by atoms with E-state index in [-0.39, 0.29) is 17.6 Å². The number of halogens is 1. The molecule has 0 spiro atoms. The molecule has 6 heteroatoms. The molecular formula is C12H15FN2O2S. The van der Waals surface area contributed by atoms with E-state index in [9.17, 15) is 9.18 Å². The van der Waals surface area contributed by atoms with E-state index >= 15 is 0 Å². The molecule has 1 atom stereocenters. The highest BCUT2D eigenvalue weighted by Crippen LogP contribution is 2.18. The van der Waals surface area contributed by atoms with Crippen molar-refractivity contribution in [1.29, 1.82) is 0 Å². The van der Waals surface area contributed by atoms with Crippen LogP contribution in [0.1, 0.15) is 17.3 Å². The van der Waals surface area contributed by atoms with Gasteiger partial charge in [0, 0.05) is 18.0 Å². The third-order valence-corrected chi connectivity index (χ3v) is 2.87. The fourth-order valence-electron chi connectivity index (χ4n) is 1.25. The van der Waals surface area contributed by atoms with Crippen molar-refractivity contribution in [3.63, 3.8) is 0 Å². The topological polar surface area (TPSA) is 64.3 Å².